The van der Waals surface area contributed by atoms with Crippen molar-refractivity contribution in [2.24, 2.45) is 10.4 Å². The van der Waals surface area contributed by atoms with Gasteiger partial charge in [0.05, 0.1) is 11.4 Å². The summed E-state index contributed by atoms with van der Waals surface area (Å²) in [7, 11) is -2.96. The van der Waals surface area contributed by atoms with Gasteiger partial charge >= 0.3 is 0 Å². The molecule has 0 bridgehead atoms. The summed E-state index contributed by atoms with van der Waals surface area (Å²) in [6.45, 7) is 10.7. The van der Waals surface area contributed by atoms with Crippen molar-refractivity contribution in [1.82, 2.24) is 10.2 Å². The fraction of sp³-hybridized carbons (Fsp3) is 0.650. The summed E-state index contributed by atoms with van der Waals surface area (Å²) in [4.78, 5) is 9.21. The number of guanidine groups is 1. The van der Waals surface area contributed by atoms with Crippen molar-refractivity contribution in [3.05, 3.63) is 24.3 Å². The molecule has 1 aromatic carbocycles. The van der Waals surface area contributed by atoms with E-state index in [9.17, 15) is 13.5 Å². The fourth-order valence-corrected chi connectivity index (χ4v) is 4.07. The summed E-state index contributed by atoms with van der Waals surface area (Å²) in [6.07, 6.45) is 1.87. The van der Waals surface area contributed by atoms with Gasteiger partial charge < -0.3 is 20.2 Å². The third kappa shape index (κ3) is 6.89. The second-order valence-electron chi connectivity index (χ2n) is 8.18. The van der Waals surface area contributed by atoms with E-state index in [1.807, 2.05) is 25.1 Å². The van der Waals surface area contributed by atoms with Gasteiger partial charge in [0.25, 0.3) is 0 Å². The Hall–Kier alpha value is -1.96. The lowest BCUT2D eigenvalue weighted by atomic mass is 9.90. The van der Waals surface area contributed by atoms with Gasteiger partial charge in [0.2, 0.25) is 0 Å². The maximum absolute atomic E-state index is 11.5. The van der Waals surface area contributed by atoms with Crippen LogP contribution in [0.15, 0.2) is 29.3 Å². The molecular formula is C20H34N4O3S. The summed E-state index contributed by atoms with van der Waals surface area (Å²) in [5, 5.41) is 13.4. The highest BCUT2D eigenvalue weighted by Crippen LogP contribution is 2.27. The average Bonchev–Trinajstić information content (AvgIpc) is 2.64. The summed E-state index contributed by atoms with van der Waals surface area (Å²) in [6, 6.07) is 7.42. The van der Waals surface area contributed by atoms with Crippen molar-refractivity contribution in [2.75, 3.05) is 56.2 Å². The minimum atomic E-state index is -2.96. The quantitative estimate of drug-likeness (QED) is 0.528. The lowest BCUT2D eigenvalue weighted by Gasteiger charge is -2.38. The Morgan fingerprint density at radius 3 is 2.43 bits per heavy atom. The van der Waals surface area contributed by atoms with Gasteiger partial charge in [0.1, 0.15) is 15.6 Å². The lowest BCUT2D eigenvalue weighted by Crippen LogP contribution is -2.52. The highest BCUT2D eigenvalue weighted by molar-refractivity contribution is 7.90. The minimum absolute atomic E-state index is 0.179. The van der Waals surface area contributed by atoms with Crippen LogP contribution in [0.3, 0.4) is 0 Å². The van der Waals surface area contributed by atoms with Crippen molar-refractivity contribution < 1.29 is 13.5 Å². The molecule has 0 spiro atoms. The molecule has 1 aromatic rings. The van der Waals surface area contributed by atoms with Crippen molar-refractivity contribution in [1.29, 1.82) is 0 Å². The van der Waals surface area contributed by atoms with E-state index in [0.717, 1.165) is 44.4 Å². The zero-order chi connectivity index (χ0) is 20.8. The summed E-state index contributed by atoms with van der Waals surface area (Å²) in [5.74, 6) is 1.36. The fourth-order valence-electron chi connectivity index (χ4n) is 3.15. The van der Waals surface area contributed by atoms with Crippen LogP contribution in [0.1, 0.15) is 27.2 Å². The second kappa shape index (κ2) is 9.49. The number of hydrogen-bond acceptors (Lipinski definition) is 5. The summed E-state index contributed by atoms with van der Waals surface area (Å²) >= 11 is 0. The molecule has 0 amide bonds. The third-order valence-corrected chi connectivity index (χ3v) is 5.89. The molecule has 0 aliphatic carbocycles. The Balaban J connectivity index is 1.98. The number of piperazine rings is 1. The number of anilines is 1. The molecule has 1 aliphatic rings. The van der Waals surface area contributed by atoms with Crippen LogP contribution in [0.4, 0.5) is 5.69 Å². The molecule has 0 saturated carbocycles. The average molecular weight is 411 g/mol. The first kappa shape index (κ1) is 22.3. The van der Waals surface area contributed by atoms with E-state index in [-0.39, 0.29) is 11.2 Å². The molecule has 0 radical (unpaired) electrons. The lowest BCUT2D eigenvalue weighted by molar-refractivity contribution is 0.347. The number of phenolic OH excluding ortho intramolecular Hbond substituents is 1. The van der Waals surface area contributed by atoms with Gasteiger partial charge in [-0.3, -0.25) is 4.99 Å². The molecule has 8 heteroatoms. The highest BCUT2D eigenvalue weighted by Gasteiger charge is 2.24. The number of aromatic hydroxyl groups is 1. The Kier molecular flexibility index (Phi) is 7.57. The first-order chi connectivity index (χ1) is 13.1. The molecule has 0 unspecified atom stereocenters. The molecular weight excluding hydrogens is 376 g/mol. The van der Waals surface area contributed by atoms with Gasteiger partial charge in [0.15, 0.2) is 5.96 Å². The number of phenols is 1. The summed E-state index contributed by atoms with van der Waals surface area (Å²) in [5.41, 5.74) is 0.687. The van der Waals surface area contributed by atoms with Crippen molar-refractivity contribution in [2.45, 2.75) is 27.2 Å². The SMILES string of the molecule is CCNC(=NCC(C)(C)CCS(C)(=O)=O)N1CCN(c2ccccc2O)CC1. The van der Waals surface area contributed by atoms with Gasteiger partial charge in [-0.15, -0.1) is 0 Å². The van der Waals surface area contributed by atoms with Gasteiger partial charge in [0, 0.05) is 45.5 Å². The number of para-hydroxylation sites is 2. The number of nitrogens with zero attached hydrogens (tertiary/aromatic N) is 3. The van der Waals surface area contributed by atoms with Crippen LogP contribution in [-0.4, -0.2) is 75.7 Å². The van der Waals surface area contributed by atoms with E-state index in [0.29, 0.717) is 18.7 Å². The first-order valence-corrected chi connectivity index (χ1v) is 11.9. The van der Waals surface area contributed by atoms with Crippen LogP contribution >= 0.6 is 0 Å². The molecule has 2 N–H and O–H groups in total. The third-order valence-electron chi connectivity index (χ3n) is 4.94. The van der Waals surface area contributed by atoms with E-state index in [1.165, 1.54) is 6.26 Å². The standard InChI is InChI=1S/C20H34N4O3S/c1-5-21-19(22-16-20(2,3)10-15-28(4,26)27)24-13-11-23(12-14-24)17-8-6-7-9-18(17)25/h6-9,25H,5,10-16H2,1-4H3,(H,21,22). The Labute approximate surface area is 169 Å². The maximum Gasteiger partial charge on any atom is 0.194 e. The Bertz CT molecular complexity index is 769. The highest BCUT2D eigenvalue weighted by atomic mass is 32.2. The second-order valence-corrected chi connectivity index (χ2v) is 10.4. The van der Waals surface area contributed by atoms with Gasteiger partial charge in [-0.05, 0) is 30.9 Å². The number of benzene rings is 1. The van der Waals surface area contributed by atoms with Crippen LogP contribution in [0.5, 0.6) is 5.75 Å². The molecule has 0 atom stereocenters. The smallest absolute Gasteiger partial charge is 0.194 e. The maximum atomic E-state index is 11.5. The van der Waals surface area contributed by atoms with Crippen molar-refractivity contribution >= 4 is 21.5 Å². The predicted molar refractivity (Wildman–Crippen MR) is 116 cm³/mol. The van der Waals surface area contributed by atoms with E-state index >= 15 is 0 Å². The molecule has 0 aromatic heterocycles. The monoisotopic (exact) mass is 410 g/mol. The van der Waals surface area contributed by atoms with Crippen LogP contribution in [-0.2, 0) is 9.84 Å². The van der Waals surface area contributed by atoms with Gasteiger partial charge in [-0.1, -0.05) is 26.0 Å². The van der Waals surface area contributed by atoms with Crippen molar-refractivity contribution in [3.63, 3.8) is 0 Å². The molecule has 1 saturated heterocycles. The van der Waals surface area contributed by atoms with E-state index in [4.69, 9.17) is 4.99 Å². The normalized spacial score (nSPS) is 16.4. The van der Waals surface area contributed by atoms with Crippen LogP contribution in [0.25, 0.3) is 0 Å². The zero-order valence-electron chi connectivity index (χ0n) is 17.5. The topological polar surface area (TPSA) is 85.2 Å². The summed E-state index contributed by atoms with van der Waals surface area (Å²) < 4.78 is 22.9. The largest absolute Gasteiger partial charge is 0.506 e. The molecule has 28 heavy (non-hydrogen) atoms. The Morgan fingerprint density at radius 2 is 1.86 bits per heavy atom. The van der Waals surface area contributed by atoms with Crippen molar-refractivity contribution in [3.8, 4) is 5.75 Å². The number of rotatable bonds is 7. The van der Waals surface area contributed by atoms with Crippen LogP contribution < -0.4 is 10.2 Å². The first-order valence-electron chi connectivity index (χ1n) is 9.85. The van der Waals surface area contributed by atoms with E-state index in [1.54, 1.807) is 6.07 Å². The molecule has 7 nitrogen and oxygen atoms in total. The van der Waals surface area contributed by atoms with Gasteiger partial charge in [-0.2, -0.15) is 0 Å². The van der Waals surface area contributed by atoms with E-state index < -0.39 is 9.84 Å². The molecule has 158 valence electrons. The Morgan fingerprint density at radius 1 is 1.21 bits per heavy atom. The van der Waals surface area contributed by atoms with Gasteiger partial charge in [-0.25, -0.2) is 8.42 Å². The van der Waals surface area contributed by atoms with Crippen LogP contribution in [0.2, 0.25) is 0 Å². The molecule has 1 fully saturated rings. The number of nitrogens with one attached hydrogen (secondary N) is 1. The predicted octanol–water partition coefficient (Wildman–Crippen LogP) is 1.94. The zero-order valence-corrected chi connectivity index (χ0v) is 18.3. The van der Waals surface area contributed by atoms with Crippen LogP contribution in [0, 0.1) is 5.41 Å². The molecule has 1 aliphatic heterocycles. The number of hydrogen-bond donors (Lipinski definition) is 2. The minimum Gasteiger partial charge on any atom is -0.506 e. The molecule has 2 rings (SSSR count). The number of aliphatic imine (C=N–C) groups is 1. The molecule has 1 heterocycles. The van der Waals surface area contributed by atoms with E-state index in [2.05, 4.69) is 29.0 Å². The number of sulfone groups is 1.